The fraction of sp³-hybridized carbons (Fsp3) is 0.0667. The largest absolute Gasteiger partial charge is 0.471 e. The molecule has 4 nitrogen and oxygen atoms in total. The third kappa shape index (κ3) is 2.80. The Bertz CT molecular complexity index is 635. The summed E-state index contributed by atoms with van der Waals surface area (Å²) in [6.45, 7) is 0.494. The maximum atomic E-state index is 5.60. The second kappa shape index (κ2) is 5.35. The smallest absolute Gasteiger partial charge is 0.254 e. The van der Waals surface area contributed by atoms with Crippen LogP contribution in [0.25, 0.3) is 5.69 Å². The molecule has 2 aromatic carbocycles. The van der Waals surface area contributed by atoms with E-state index in [1.165, 1.54) is 0 Å². The Morgan fingerprint density at radius 1 is 0.895 bits per heavy atom. The normalized spacial score (nSPS) is 10.3. The molecule has 19 heavy (non-hydrogen) atoms. The van der Waals surface area contributed by atoms with Crippen molar-refractivity contribution in [3.05, 3.63) is 72.4 Å². The Kier molecular flexibility index (Phi) is 3.23. The van der Waals surface area contributed by atoms with E-state index < -0.39 is 0 Å². The SMILES string of the molecule is c1ccc(COc2cn(-c3ccccc3)nn2)cc1. The van der Waals surface area contributed by atoms with Crippen molar-refractivity contribution in [1.29, 1.82) is 0 Å². The molecule has 4 heteroatoms. The number of rotatable bonds is 4. The third-order valence-corrected chi connectivity index (χ3v) is 2.72. The van der Waals surface area contributed by atoms with E-state index in [2.05, 4.69) is 10.3 Å². The van der Waals surface area contributed by atoms with E-state index in [9.17, 15) is 0 Å². The second-order valence-corrected chi connectivity index (χ2v) is 4.11. The summed E-state index contributed by atoms with van der Waals surface area (Å²) in [6, 6.07) is 19.8. The van der Waals surface area contributed by atoms with Crippen molar-refractivity contribution in [1.82, 2.24) is 15.0 Å². The summed E-state index contributed by atoms with van der Waals surface area (Å²) < 4.78 is 7.29. The molecule has 3 rings (SSSR count). The van der Waals surface area contributed by atoms with Crippen molar-refractivity contribution >= 4 is 0 Å². The van der Waals surface area contributed by atoms with Crippen LogP contribution in [0.3, 0.4) is 0 Å². The van der Waals surface area contributed by atoms with Crippen LogP contribution in [0.1, 0.15) is 5.56 Å². The minimum Gasteiger partial charge on any atom is -0.471 e. The standard InChI is InChI=1S/C15H13N3O/c1-3-7-13(8-4-1)12-19-15-11-18(17-16-15)14-9-5-2-6-10-14/h1-11H,12H2. The number of ether oxygens (including phenoxy) is 1. The number of hydrogen-bond acceptors (Lipinski definition) is 3. The highest BCUT2D eigenvalue weighted by atomic mass is 16.5. The molecule has 0 saturated carbocycles. The molecule has 1 aromatic heterocycles. The first-order chi connectivity index (χ1) is 9.42. The summed E-state index contributed by atoms with van der Waals surface area (Å²) in [6.07, 6.45) is 1.78. The quantitative estimate of drug-likeness (QED) is 0.715. The van der Waals surface area contributed by atoms with Gasteiger partial charge in [0, 0.05) is 0 Å². The number of para-hydroxylation sites is 1. The first-order valence-corrected chi connectivity index (χ1v) is 6.06. The Morgan fingerprint density at radius 2 is 1.58 bits per heavy atom. The van der Waals surface area contributed by atoms with Crippen molar-refractivity contribution in [2.45, 2.75) is 6.61 Å². The average Bonchev–Trinajstić information content (AvgIpc) is 2.96. The molecule has 3 aromatic rings. The van der Waals surface area contributed by atoms with Crippen LogP contribution in [0.15, 0.2) is 66.9 Å². The zero-order valence-corrected chi connectivity index (χ0v) is 10.3. The van der Waals surface area contributed by atoms with E-state index in [1.807, 2.05) is 60.7 Å². The van der Waals surface area contributed by atoms with Crippen LogP contribution >= 0.6 is 0 Å². The topological polar surface area (TPSA) is 39.9 Å². The predicted octanol–water partition coefficient (Wildman–Crippen LogP) is 2.85. The van der Waals surface area contributed by atoms with Crippen LogP contribution in [0.4, 0.5) is 0 Å². The summed E-state index contributed by atoms with van der Waals surface area (Å²) in [5.74, 6) is 0.521. The van der Waals surface area contributed by atoms with E-state index in [0.717, 1.165) is 11.3 Å². The molecule has 0 saturated heterocycles. The first kappa shape index (κ1) is 11.5. The summed E-state index contributed by atoms with van der Waals surface area (Å²) in [7, 11) is 0. The molecule has 0 aliphatic heterocycles. The van der Waals surface area contributed by atoms with E-state index >= 15 is 0 Å². The second-order valence-electron chi connectivity index (χ2n) is 4.11. The lowest BCUT2D eigenvalue weighted by Gasteiger charge is -2.01. The van der Waals surface area contributed by atoms with E-state index in [0.29, 0.717) is 12.5 Å². The Balaban J connectivity index is 1.69. The van der Waals surface area contributed by atoms with Gasteiger partial charge in [-0.3, -0.25) is 0 Å². The molecule has 0 amide bonds. The third-order valence-electron chi connectivity index (χ3n) is 2.72. The molecule has 0 N–H and O–H groups in total. The van der Waals surface area contributed by atoms with Crippen molar-refractivity contribution in [2.75, 3.05) is 0 Å². The molecule has 0 bridgehead atoms. The van der Waals surface area contributed by atoms with Crippen LogP contribution < -0.4 is 4.74 Å². The van der Waals surface area contributed by atoms with Crippen molar-refractivity contribution < 1.29 is 4.74 Å². The van der Waals surface area contributed by atoms with Crippen molar-refractivity contribution in [2.24, 2.45) is 0 Å². The molecule has 0 radical (unpaired) electrons. The van der Waals surface area contributed by atoms with Gasteiger partial charge in [-0.05, 0) is 17.7 Å². The van der Waals surface area contributed by atoms with Crippen LogP contribution in [0, 0.1) is 0 Å². The van der Waals surface area contributed by atoms with E-state index in [4.69, 9.17) is 4.74 Å². The summed E-state index contributed by atoms with van der Waals surface area (Å²) in [5, 5.41) is 8.04. The molecule has 0 aliphatic rings. The van der Waals surface area contributed by atoms with Crippen LogP contribution in [-0.2, 0) is 6.61 Å². The van der Waals surface area contributed by atoms with E-state index in [-0.39, 0.29) is 0 Å². The van der Waals surface area contributed by atoms with Gasteiger partial charge in [0.2, 0.25) is 0 Å². The first-order valence-electron chi connectivity index (χ1n) is 6.06. The zero-order chi connectivity index (χ0) is 12.9. The number of aromatic nitrogens is 3. The number of hydrogen-bond donors (Lipinski definition) is 0. The summed E-state index contributed by atoms with van der Waals surface area (Å²) in [5.41, 5.74) is 2.07. The van der Waals surface area contributed by atoms with Crippen LogP contribution in [0.5, 0.6) is 5.88 Å². The molecule has 0 atom stereocenters. The molecule has 0 fully saturated rings. The fourth-order valence-corrected chi connectivity index (χ4v) is 1.75. The van der Waals surface area contributed by atoms with Crippen molar-refractivity contribution in [3.63, 3.8) is 0 Å². The molecular weight excluding hydrogens is 238 g/mol. The maximum absolute atomic E-state index is 5.60. The van der Waals surface area contributed by atoms with Gasteiger partial charge in [-0.25, -0.2) is 4.68 Å². The molecule has 1 heterocycles. The Labute approximate surface area is 111 Å². The van der Waals surface area contributed by atoms with Crippen LogP contribution in [0.2, 0.25) is 0 Å². The lowest BCUT2D eigenvalue weighted by atomic mass is 10.2. The molecule has 0 unspecified atom stereocenters. The van der Waals surface area contributed by atoms with Crippen molar-refractivity contribution in [3.8, 4) is 11.6 Å². The van der Waals surface area contributed by atoms with Gasteiger partial charge >= 0.3 is 0 Å². The van der Waals surface area contributed by atoms with Gasteiger partial charge in [0.25, 0.3) is 5.88 Å². The van der Waals surface area contributed by atoms with Crippen LogP contribution in [-0.4, -0.2) is 15.0 Å². The Hall–Kier alpha value is -2.62. The zero-order valence-electron chi connectivity index (χ0n) is 10.3. The highest BCUT2D eigenvalue weighted by Gasteiger charge is 2.03. The number of nitrogens with zero attached hydrogens (tertiary/aromatic N) is 3. The minimum atomic E-state index is 0.494. The van der Waals surface area contributed by atoms with Gasteiger partial charge in [0.05, 0.1) is 11.9 Å². The molecule has 94 valence electrons. The monoisotopic (exact) mass is 251 g/mol. The molecule has 0 aliphatic carbocycles. The molecular formula is C15H13N3O. The Morgan fingerprint density at radius 3 is 2.32 bits per heavy atom. The van der Waals surface area contributed by atoms with Gasteiger partial charge in [0.1, 0.15) is 6.61 Å². The predicted molar refractivity (Wildman–Crippen MR) is 72.1 cm³/mol. The fourth-order valence-electron chi connectivity index (χ4n) is 1.75. The highest BCUT2D eigenvalue weighted by Crippen LogP contribution is 2.11. The van der Waals surface area contributed by atoms with Gasteiger partial charge in [-0.2, -0.15) is 0 Å². The minimum absolute atomic E-state index is 0.494. The van der Waals surface area contributed by atoms with Gasteiger partial charge in [-0.1, -0.05) is 58.8 Å². The van der Waals surface area contributed by atoms with Gasteiger partial charge < -0.3 is 4.74 Å². The van der Waals surface area contributed by atoms with E-state index in [1.54, 1.807) is 10.9 Å². The lowest BCUT2D eigenvalue weighted by molar-refractivity contribution is 0.293. The molecule has 0 spiro atoms. The maximum Gasteiger partial charge on any atom is 0.254 e. The van der Waals surface area contributed by atoms with Gasteiger partial charge in [0.15, 0.2) is 0 Å². The summed E-state index contributed by atoms with van der Waals surface area (Å²) >= 11 is 0. The highest BCUT2D eigenvalue weighted by molar-refractivity contribution is 5.30. The average molecular weight is 251 g/mol. The van der Waals surface area contributed by atoms with Gasteiger partial charge in [-0.15, -0.1) is 0 Å². The number of benzene rings is 2. The summed E-state index contributed by atoms with van der Waals surface area (Å²) in [4.78, 5) is 0. The lowest BCUT2D eigenvalue weighted by Crippen LogP contribution is -1.95.